The molecule has 0 bridgehead atoms. The van der Waals surface area contributed by atoms with Gasteiger partial charge < -0.3 is 9.47 Å². The largest absolute Gasteiger partial charge is 0.482 e. The number of hydrogen-bond acceptors (Lipinski definition) is 4. The lowest BCUT2D eigenvalue weighted by Gasteiger charge is -2.09. The van der Waals surface area contributed by atoms with Gasteiger partial charge in [0.25, 0.3) is 0 Å². The van der Waals surface area contributed by atoms with Crippen molar-refractivity contribution in [2.45, 2.75) is 6.92 Å². The van der Waals surface area contributed by atoms with E-state index in [4.69, 9.17) is 9.47 Å². The van der Waals surface area contributed by atoms with Crippen LogP contribution in [0, 0.1) is 12.7 Å². The van der Waals surface area contributed by atoms with Crippen molar-refractivity contribution in [1.29, 1.82) is 0 Å². The zero-order valence-electron chi connectivity index (χ0n) is 11.9. The Bertz CT molecular complexity index is 797. The monoisotopic (exact) mass is 287 g/mol. The van der Waals surface area contributed by atoms with Gasteiger partial charge >= 0.3 is 0 Å². The Balaban J connectivity index is 2.32. The van der Waals surface area contributed by atoms with E-state index in [1.54, 1.807) is 29.7 Å². The number of aryl methyl sites for hydroxylation is 1. The fourth-order valence-electron chi connectivity index (χ4n) is 2.30. The Morgan fingerprint density at radius 3 is 2.38 bits per heavy atom. The molecule has 0 aliphatic rings. The highest BCUT2D eigenvalue weighted by molar-refractivity contribution is 5.67. The second kappa shape index (κ2) is 5.05. The number of fused-ring (bicyclic) bond motifs is 1. The molecule has 0 aliphatic heterocycles. The van der Waals surface area contributed by atoms with Gasteiger partial charge in [-0.3, -0.25) is 0 Å². The fraction of sp³-hybridized carbons (Fsp3) is 0.200. The maximum Gasteiger partial charge on any atom is 0.240 e. The van der Waals surface area contributed by atoms with Crippen LogP contribution in [0.2, 0.25) is 0 Å². The predicted molar refractivity (Wildman–Crippen MR) is 76.2 cm³/mol. The quantitative estimate of drug-likeness (QED) is 0.743. The first-order chi connectivity index (χ1) is 10.1. The molecule has 21 heavy (non-hydrogen) atoms. The molecule has 3 rings (SSSR count). The van der Waals surface area contributed by atoms with E-state index in [2.05, 4.69) is 9.97 Å². The molecule has 0 N–H and O–H groups in total. The van der Waals surface area contributed by atoms with Crippen LogP contribution in [0.3, 0.4) is 0 Å². The second-order valence-electron chi connectivity index (χ2n) is 4.53. The van der Waals surface area contributed by atoms with Gasteiger partial charge in [-0.25, -0.2) is 13.8 Å². The van der Waals surface area contributed by atoms with E-state index >= 15 is 0 Å². The van der Waals surface area contributed by atoms with Gasteiger partial charge in [0, 0.05) is 5.56 Å². The molecule has 0 fully saturated rings. The summed E-state index contributed by atoms with van der Waals surface area (Å²) in [6.07, 6.45) is 0. The molecule has 2 aromatic heterocycles. The van der Waals surface area contributed by atoms with Crippen molar-refractivity contribution >= 4 is 5.78 Å². The highest BCUT2D eigenvalue weighted by Gasteiger charge is 2.17. The molecule has 5 nitrogen and oxygen atoms in total. The number of ether oxygens (including phenoxy) is 2. The highest BCUT2D eigenvalue weighted by Crippen LogP contribution is 2.30. The van der Waals surface area contributed by atoms with Crippen LogP contribution in [-0.4, -0.2) is 28.6 Å². The zero-order chi connectivity index (χ0) is 15.0. The summed E-state index contributed by atoms with van der Waals surface area (Å²) in [4.78, 5) is 8.73. The van der Waals surface area contributed by atoms with Crippen molar-refractivity contribution in [3.8, 4) is 23.0 Å². The van der Waals surface area contributed by atoms with E-state index in [-0.39, 0.29) is 5.82 Å². The number of aromatic nitrogens is 3. The van der Waals surface area contributed by atoms with E-state index in [1.165, 1.54) is 19.2 Å². The van der Waals surface area contributed by atoms with Gasteiger partial charge in [0.1, 0.15) is 5.82 Å². The standard InChI is InChI=1S/C15H14FN3O2/c1-9-14(10-4-6-11(16)7-5-10)19-13(21-3)8-12(20-2)18-15(19)17-9/h4-8H,1-3H3. The number of benzene rings is 1. The third-order valence-electron chi connectivity index (χ3n) is 3.25. The van der Waals surface area contributed by atoms with Crippen LogP contribution >= 0.6 is 0 Å². The van der Waals surface area contributed by atoms with Crippen molar-refractivity contribution in [2.24, 2.45) is 0 Å². The smallest absolute Gasteiger partial charge is 0.240 e. The average Bonchev–Trinajstić information content (AvgIpc) is 2.83. The first-order valence-corrected chi connectivity index (χ1v) is 6.38. The number of rotatable bonds is 3. The number of halogens is 1. The summed E-state index contributed by atoms with van der Waals surface area (Å²) in [5.74, 6) is 1.17. The summed E-state index contributed by atoms with van der Waals surface area (Å²) >= 11 is 0. The topological polar surface area (TPSA) is 48.7 Å². The van der Waals surface area contributed by atoms with Crippen LogP contribution in [0.1, 0.15) is 5.69 Å². The van der Waals surface area contributed by atoms with Crippen LogP contribution in [-0.2, 0) is 0 Å². The van der Waals surface area contributed by atoms with Crippen molar-refractivity contribution in [2.75, 3.05) is 14.2 Å². The van der Waals surface area contributed by atoms with Crippen LogP contribution < -0.4 is 9.47 Å². The van der Waals surface area contributed by atoms with E-state index < -0.39 is 0 Å². The molecule has 0 unspecified atom stereocenters. The van der Waals surface area contributed by atoms with E-state index in [0.29, 0.717) is 17.5 Å². The summed E-state index contributed by atoms with van der Waals surface area (Å²) in [5, 5.41) is 0. The van der Waals surface area contributed by atoms with Crippen LogP contribution in [0.25, 0.3) is 17.0 Å². The molecule has 0 spiro atoms. The van der Waals surface area contributed by atoms with Gasteiger partial charge in [0.05, 0.1) is 31.7 Å². The summed E-state index contributed by atoms with van der Waals surface area (Å²) in [5.41, 5.74) is 2.43. The third kappa shape index (κ3) is 2.18. The van der Waals surface area contributed by atoms with E-state index in [0.717, 1.165) is 17.0 Å². The number of hydrogen-bond donors (Lipinski definition) is 0. The van der Waals surface area contributed by atoms with Gasteiger partial charge in [0.15, 0.2) is 0 Å². The molecule has 108 valence electrons. The van der Waals surface area contributed by atoms with Crippen molar-refractivity contribution in [3.63, 3.8) is 0 Å². The zero-order valence-corrected chi connectivity index (χ0v) is 11.9. The summed E-state index contributed by atoms with van der Waals surface area (Å²) in [6, 6.07) is 7.92. The van der Waals surface area contributed by atoms with E-state index in [1.807, 2.05) is 6.92 Å². The molecular weight excluding hydrogens is 273 g/mol. The van der Waals surface area contributed by atoms with Crippen molar-refractivity contribution < 1.29 is 13.9 Å². The van der Waals surface area contributed by atoms with Crippen molar-refractivity contribution in [1.82, 2.24) is 14.4 Å². The van der Waals surface area contributed by atoms with Gasteiger partial charge in [-0.1, -0.05) is 0 Å². The Morgan fingerprint density at radius 2 is 1.76 bits per heavy atom. The Kier molecular flexibility index (Phi) is 3.21. The third-order valence-corrected chi connectivity index (χ3v) is 3.25. The summed E-state index contributed by atoms with van der Waals surface area (Å²) in [7, 11) is 3.10. The molecule has 0 saturated heterocycles. The Hall–Kier alpha value is -2.63. The summed E-state index contributed by atoms with van der Waals surface area (Å²) < 4.78 is 25.4. The lowest BCUT2D eigenvalue weighted by molar-refractivity contribution is 0.370. The lowest BCUT2D eigenvalue weighted by atomic mass is 10.1. The molecule has 2 heterocycles. The van der Waals surface area contributed by atoms with Gasteiger partial charge in [-0.15, -0.1) is 0 Å². The molecule has 6 heteroatoms. The highest BCUT2D eigenvalue weighted by atomic mass is 19.1. The number of methoxy groups -OCH3 is 2. The Morgan fingerprint density at radius 1 is 1.05 bits per heavy atom. The predicted octanol–water partition coefficient (Wildman–Crippen LogP) is 2.86. The molecule has 0 amide bonds. The van der Waals surface area contributed by atoms with Crippen LogP contribution in [0.4, 0.5) is 4.39 Å². The number of imidazole rings is 1. The average molecular weight is 287 g/mol. The molecular formula is C15H14FN3O2. The second-order valence-corrected chi connectivity index (χ2v) is 4.53. The fourth-order valence-corrected chi connectivity index (χ4v) is 2.30. The maximum absolute atomic E-state index is 13.1. The molecule has 0 aliphatic carbocycles. The normalized spacial score (nSPS) is 10.9. The minimum atomic E-state index is -0.281. The molecule has 1 aromatic carbocycles. The molecule has 0 saturated carbocycles. The van der Waals surface area contributed by atoms with Crippen LogP contribution in [0.5, 0.6) is 11.8 Å². The number of nitrogens with zero attached hydrogens (tertiary/aromatic N) is 3. The van der Waals surface area contributed by atoms with Crippen molar-refractivity contribution in [3.05, 3.63) is 41.8 Å². The maximum atomic E-state index is 13.1. The molecule has 0 atom stereocenters. The molecule has 0 radical (unpaired) electrons. The molecule has 3 aromatic rings. The minimum Gasteiger partial charge on any atom is -0.482 e. The first kappa shape index (κ1) is 13.4. The SMILES string of the molecule is COc1cc(OC)n2c(-c3ccc(F)cc3)c(C)nc2n1. The van der Waals surface area contributed by atoms with Gasteiger partial charge in [-0.05, 0) is 31.2 Å². The first-order valence-electron chi connectivity index (χ1n) is 6.38. The van der Waals surface area contributed by atoms with Crippen LogP contribution in [0.15, 0.2) is 30.3 Å². The minimum absolute atomic E-state index is 0.281. The lowest BCUT2D eigenvalue weighted by Crippen LogP contribution is -2.00. The summed E-state index contributed by atoms with van der Waals surface area (Å²) in [6.45, 7) is 1.87. The van der Waals surface area contributed by atoms with Gasteiger partial charge in [0.2, 0.25) is 17.5 Å². The Labute approximate surface area is 121 Å². The van der Waals surface area contributed by atoms with Gasteiger partial charge in [-0.2, -0.15) is 4.98 Å². The van der Waals surface area contributed by atoms with E-state index in [9.17, 15) is 4.39 Å².